The van der Waals surface area contributed by atoms with Crippen molar-refractivity contribution in [2.75, 3.05) is 26.7 Å². The standard InChI is InChI=1S/C17H27N3O3S/c1-13(2)19(4)24(22,23)15-7-5-14(6-8-15)16(21)20-10-9-17(3,11-18)12-20/h5-8,13H,9-12,18H2,1-4H3. The molecule has 7 heteroatoms. The Bertz CT molecular complexity index is 700. The van der Waals surface area contributed by atoms with Gasteiger partial charge in [0.15, 0.2) is 0 Å². The number of carbonyl (C=O) groups excluding carboxylic acids is 1. The van der Waals surface area contributed by atoms with Crippen molar-refractivity contribution >= 4 is 15.9 Å². The molecule has 1 aliphatic heterocycles. The van der Waals surface area contributed by atoms with E-state index in [1.54, 1.807) is 24.1 Å². The number of hydrogen-bond donors (Lipinski definition) is 1. The molecule has 1 aromatic rings. The largest absolute Gasteiger partial charge is 0.338 e. The van der Waals surface area contributed by atoms with Crippen LogP contribution in [0.1, 0.15) is 37.6 Å². The van der Waals surface area contributed by atoms with Gasteiger partial charge in [-0.2, -0.15) is 4.31 Å². The van der Waals surface area contributed by atoms with Crippen molar-refractivity contribution in [3.05, 3.63) is 29.8 Å². The number of amides is 1. The zero-order valence-electron chi connectivity index (χ0n) is 14.8. The van der Waals surface area contributed by atoms with Gasteiger partial charge in [0.25, 0.3) is 5.91 Å². The van der Waals surface area contributed by atoms with Crippen LogP contribution in [0, 0.1) is 5.41 Å². The Balaban J connectivity index is 2.17. The van der Waals surface area contributed by atoms with Crippen molar-refractivity contribution in [3.8, 4) is 0 Å². The van der Waals surface area contributed by atoms with Crippen LogP contribution < -0.4 is 5.73 Å². The number of sulfonamides is 1. The molecule has 134 valence electrons. The Morgan fingerprint density at radius 2 is 1.92 bits per heavy atom. The maximum absolute atomic E-state index is 12.6. The molecular weight excluding hydrogens is 326 g/mol. The third-order valence-corrected chi connectivity index (χ3v) is 6.89. The molecule has 6 nitrogen and oxygen atoms in total. The van der Waals surface area contributed by atoms with Crippen molar-refractivity contribution < 1.29 is 13.2 Å². The fraction of sp³-hybridized carbons (Fsp3) is 0.588. The van der Waals surface area contributed by atoms with Gasteiger partial charge in [-0.25, -0.2) is 8.42 Å². The molecule has 0 radical (unpaired) electrons. The molecule has 0 saturated carbocycles. The first-order valence-corrected chi connectivity index (χ1v) is 9.62. The van der Waals surface area contributed by atoms with Crippen LogP contribution in [0.5, 0.6) is 0 Å². The van der Waals surface area contributed by atoms with Crippen LogP contribution >= 0.6 is 0 Å². The molecule has 1 saturated heterocycles. The van der Waals surface area contributed by atoms with E-state index in [1.807, 2.05) is 13.8 Å². The summed E-state index contributed by atoms with van der Waals surface area (Å²) in [5.74, 6) is -0.0756. The van der Waals surface area contributed by atoms with Crippen LogP contribution in [-0.4, -0.2) is 56.3 Å². The molecule has 0 bridgehead atoms. The lowest BCUT2D eigenvalue weighted by Gasteiger charge is -2.23. The van der Waals surface area contributed by atoms with Crippen molar-refractivity contribution in [1.82, 2.24) is 9.21 Å². The van der Waals surface area contributed by atoms with E-state index < -0.39 is 10.0 Å². The predicted molar refractivity (Wildman–Crippen MR) is 94.2 cm³/mol. The van der Waals surface area contributed by atoms with Gasteiger partial charge in [-0.1, -0.05) is 6.92 Å². The molecular formula is C17H27N3O3S. The molecule has 0 aromatic heterocycles. The average Bonchev–Trinajstić information content (AvgIpc) is 2.96. The Labute approximate surface area is 144 Å². The van der Waals surface area contributed by atoms with Crippen LogP contribution in [0.4, 0.5) is 0 Å². The summed E-state index contributed by atoms with van der Waals surface area (Å²) in [5.41, 5.74) is 6.25. The van der Waals surface area contributed by atoms with Gasteiger partial charge in [0.1, 0.15) is 0 Å². The maximum Gasteiger partial charge on any atom is 0.253 e. The summed E-state index contributed by atoms with van der Waals surface area (Å²) in [6.07, 6.45) is 0.890. The van der Waals surface area contributed by atoms with E-state index in [4.69, 9.17) is 5.73 Å². The number of hydrogen-bond acceptors (Lipinski definition) is 4. The lowest BCUT2D eigenvalue weighted by Crippen LogP contribution is -2.34. The van der Waals surface area contributed by atoms with Crippen LogP contribution in [0.2, 0.25) is 0 Å². The third-order valence-electron chi connectivity index (χ3n) is 4.84. The van der Waals surface area contributed by atoms with Gasteiger partial charge in [0.2, 0.25) is 10.0 Å². The maximum atomic E-state index is 12.6. The Kier molecular flexibility index (Phi) is 5.37. The smallest absolute Gasteiger partial charge is 0.253 e. The van der Waals surface area contributed by atoms with Crippen molar-refractivity contribution in [3.63, 3.8) is 0 Å². The molecule has 1 fully saturated rings. The van der Waals surface area contributed by atoms with Gasteiger partial charge in [-0.15, -0.1) is 0 Å². The van der Waals surface area contributed by atoms with E-state index in [9.17, 15) is 13.2 Å². The Morgan fingerprint density at radius 1 is 1.33 bits per heavy atom. The van der Waals surface area contributed by atoms with E-state index >= 15 is 0 Å². The van der Waals surface area contributed by atoms with E-state index in [1.165, 1.54) is 16.4 Å². The minimum Gasteiger partial charge on any atom is -0.338 e. The minimum absolute atomic E-state index is 0.0289. The fourth-order valence-electron chi connectivity index (χ4n) is 2.76. The SMILES string of the molecule is CC(C)N(C)S(=O)(=O)c1ccc(C(=O)N2CCC(C)(CN)C2)cc1. The highest BCUT2D eigenvalue weighted by atomic mass is 32.2. The highest BCUT2D eigenvalue weighted by Gasteiger charge is 2.35. The van der Waals surface area contributed by atoms with Gasteiger partial charge in [0, 0.05) is 31.7 Å². The summed E-state index contributed by atoms with van der Waals surface area (Å²) in [6, 6.07) is 6.04. The molecule has 0 spiro atoms. The lowest BCUT2D eigenvalue weighted by atomic mass is 9.90. The molecule has 2 rings (SSSR count). The molecule has 1 atom stereocenters. The monoisotopic (exact) mass is 353 g/mol. The van der Waals surface area contributed by atoms with Crippen LogP contribution in [0.25, 0.3) is 0 Å². The molecule has 1 aromatic carbocycles. The van der Waals surface area contributed by atoms with E-state index in [2.05, 4.69) is 6.92 Å². The normalized spacial score (nSPS) is 21.7. The molecule has 1 aliphatic rings. The number of benzene rings is 1. The lowest BCUT2D eigenvalue weighted by molar-refractivity contribution is 0.0777. The molecule has 24 heavy (non-hydrogen) atoms. The van der Waals surface area contributed by atoms with Gasteiger partial charge >= 0.3 is 0 Å². The van der Waals surface area contributed by atoms with Crippen molar-refractivity contribution in [1.29, 1.82) is 0 Å². The second-order valence-electron chi connectivity index (χ2n) is 7.13. The van der Waals surface area contributed by atoms with Gasteiger partial charge < -0.3 is 10.6 Å². The summed E-state index contributed by atoms with van der Waals surface area (Å²) >= 11 is 0. The fourth-order valence-corrected chi connectivity index (χ4v) is 4.13. The Hall–Kier alpha value is -1.44. The number of nitrogens with zero attached hydrogens (tertiary/aromatic N) is 2. The summed E-state index contributed by atoms with van der Waals surface area (Å²) in [4.78, 5) is 14.6. The first-order valence-electron chi connectivity index (χ1n) is 8.18. The van der Waals surface area contributed by atoms with E-state index in [0.717, 1.165) is 6.42 Å². The van der Waals surface area contributed by atoms with Crippen LogP contribution in [0.3, 0.4) is 0 Å². The summed E-state index contributed by atoms with van der Waals surface area (Å²) < 4.78 is 26.2. The number of nitrogens with two attached hydrogens (primary N) is 1. The molecule has 1 heterocycles. The van der Waals surface area contributed by atoms with Crippen molar-refractivity contribution in [2.45, 2.75) is 38.1 Å². The second kappa shape index (κ2) is 6.82. The third kappa shape index (κ3) is 3.63. The summed E-state index contributed by atoms with van der Waals surface area (Å²) in [5, 5.41) is 0. The topological polar surface area (TPSA) is 83.7 Å². The number of rotatable bonds is 5. The quantitative estimate of drug-likeness (QED) is 0.870. The minimum atomic E-state index is -3.53. The zero-order chi connectivity index (χ0) is 18.1. The molecule has 1 amide bonds. The molecule has 2 N–H and O–H groups in total. The van der Waals surface area contributed by atoms with E-state index in [-0.39, 0.29) is 22.3 Å². The van der Waals surface area contributed by atoms with Crippen LogP contribution in [0.15, 0.2) is 29.2 Å². The second-order valence-corrected chi connectivity index (χ2v) is 9.13. The summed E-state index contributed by atoms with van der Waals surface area (Å²) in [7, 11) is -1.98. The Morgan fingerprint density at radius 3 is 2.38 bits per heavy atom. The van der Waals surface area contributed by atoms with Crippen molar-refractivity contribution in [2.24, 2.45) is 11.1 Å². The number of carbonyl (C=O) groups is 1. The predicted octanol–water partition coefficient (Wildman–Crippen LogP) is 1.53. The van der Waals surface area contributed by atoms with Gasteiger partial charge in [0.05, 0.1) is 4.90 Å². The first-order chi connectivity index (χ1) is 11.1. The molecule has 1 unspecified atom stereocenters. The first kappa shape index (κ1) is 18.9. The van der Waals surface area contributed by atoms with Gasteiger partial charge in [-0.05, 0) is 56.5 Å². The average molecular weight is 353 g/mol. The van der Waals surface area contributed by atoms with Crippen LogP contribution in [-0.2, 0) is 10.0 Å². The zero-order valence-corrected chi connectivity index (χ0v) is 15.6. The molecule has 0 aliphatic carbocycles. The highest BCUT2D eigenvalue weighted by Crippen LogP contribution is 2.29. The van der Waals surface area contributed by atoms with Gasteiger partial charge in [-0.3, -0.25) is 4.79 Å². The van der Waals surface area contributed by atoms with E-state index in [0.29, 0.717) is 25.2 Å². The number of likely N-dealkylation sites (tertiary alicyclic amines) is 1. The summed E-state index contributed by atoms with van der Waals surface area (Å²) in [6.45, 7) is 7.59. The highest BCUT2D eigenvalue weighted by molar-refractivity contribution is 7.89.